The van der Waals surface area contributed by atoms with Gasteiger partial charge in [0.05, 0.1) is 5.56 Å². The quantitative estimate of drug-likeness (QED) is 0.850. The molecule has 19 heavy (non-hydrogen) atoms. The number of aliphatic carboxylic acids is 1. The first kappa shape index (κ1) is 15.0. The summed E-state index contributed by atoms with van der Waals surface area (Å²) in [7, 11) is 0. The standard InChI is InChI=1S/C14H19N3O2/c1-10(2)17(8-4-5-13(18)19)14-12(9-15)11(3)6-7-16-14/h6-7,10H,4-5,8H2,1-3H3,(H,18,19). The molecule has 102 valence electrons. The Hall–Kier alpha value is -2.09. The van der Waals surface area contributed by atoms with Gasteiger partial charge in [0.1, 0.15) is 11.9 Å². The second-order valence-corrected chi connectivity index (χ2v) is 4.72. The number of nitriles is 1. The summed E-state index contributed by atoms with van der Waals surface area (Å²) in [6.07, 6.45) is 2.34. The van der Waals surface area contributed by atoms with E-state index in [2.05, 4.69) is 11.1 Å². The lowest BCUT2D eigenvalue weighted by Gasteiger charge is -2.28. The largest absolute Gasteiger partial charge is 0.481 e. The molecule has 0 bridgehead atoms. The van der Waals surface area contributed by atoms with Gasteiger partial charge in [-0.05, 0) is 38.8 Å². The first-order valence-electron chi connectivity index (χ1n) is 6.31. The van der Waals surface area contributed by atoms with Crippen LogP contribution in [-0.2, 0) is 4.79 Å². The van der Waals surface area contributed by atoms with E-state index in [9.17, 15) is 10.1 Å². The highest BCUT2D eigenvalue weighted by Crippen LogP contribution is 2.22. The van der Waals surface area contributed by atoms with E-state index in [1.54, 1.807) is 12.3 Å². The Morgan fingerprint density at radius 3 is 2.79 bits per heavy atom. The van der Waals surface area contributed by atoms with E-state index >= 15 is 0 Å². The molecule has 0 saturated carbocycles. The second-order valence-electron chi connectivity index (χ2n) is 4.72. The predicted octanol–water partition coefficient (Wildman–Crippen LogP) is 2.34. The van der Waals surface area contributed by atoms with Gasteiger partial charge >= 0.3 is 5.97 Å². The molecule has 1 aromatic rings. The molecule has 1 aromatic heterocycles. The molecule has 0 atom stereocenters. The zero-order chi connectivity index (χ0) is 14.4. The summed E-state index contributed by atoms with van der Waals surface area (Å²) >= 11 is 0. The van der Waals surface area contributed by atoms with Crippen LogP contribution in [0.1, 0.15) is 37.8 Å². The first-order valence-corrected chi connectivity index (χ1v) is 6.31. The normalized spacial score (nSPS) is 10.3. The number of pyridine rings is 1. The lowest BCUT2D eigenvalue weighted by molar-refractivity contribution is -0.137. The molecule has 0 fully saturated rings. The summed E-state index contributed by atoms with van der Waals surface area (Å²) in [5.41, 5.74) is 1.45. The topological polar surface area (TPSA) is 77.2 Å². The highest BCUT2D eigenvalue weighted by atomic mass is 16.4. The third kappa shape index (κ3) is 3.95. The maximum Gasteiger partial charge on any atom is 0.303 e. The van der Waals surface area contributed by atoms with Gasteiger partial charge in [-0.3, -0.25) is 4.79 Å². The number of carboxylic acid groups (broad SMARTS) is 1. The molecule has 1 N–H and O–H groups in total. The maximum absolute atomic E-state index is 10.6. The third-order valence-electron chi connectivity index (χ3n) is 2.94. The molecule has 1 rings (SSSR count). The average Bonchev–Trinajstić information content (AvgIpc) is 2.33. The molecule has 0 radical (unpaired) electrons. The number of carbonyl (C=O) groups is 1. The van der Waals surface area contributed by atoms with Gasteiger partial charge in [0.2, 0.25) is 0 Å². The highest BCUT2D eigenvalue weighted by Gasteiger charge is 2.17. The number of hydrogen-bond donors (Lipinski definition) is 1. The summed E-state index contributed by atoms with van der Waals surface area (Å²) in [4.78, 5) is 16.8. The number of nitrogens with zero attached hydrogens (tertiary/aromatic N) is 3. The number of aromatic nitrogens is 1. The fourth-order valence-electron chi connectivity index (χ4n) is 1.91. The van der Waals surface area contributed by atoms with Gasteiger partial charge in [-0.2, -0.15) is 5.26 Å². The summed E-state index contributed by atoms with van der Waals surface area (Å²) in [5, 5.41) is 17.9. The van der Waals surface area contributed by atoms with Crippen LogP contribution >= 0.6 is 0 Å². The van der Waals surface area contributed by atoms with Crippen LogP contribution < -0.4 is 4.90 Å². The molecular formula is C14H19N3O2. The van der Waals surface area contributed by atoms with Crippen LogP contribution in [0, 0.1) is 18.3 Å². The number of carboxylic acids is 1. The Morgan fingerprint density at radius 1 is 1.58 bits per heavy atom. The fraction of sp³-hybridized carbons (Fsp3) is 0.500. The summed E-state index contributed by atoms with van der Waals surface area (Å²) < 4.78 is 0. The molecule has 0 unspecified atom stereocenters. The maximum atomic E-state index is 10.6. The van der Waals surface area contributed by atoms with E-state index in [0.29, 0.717) is 24.3 Å². The summed E-state index contributed by atoms with van der Waals surface area (Å²) in [6, 6.07) is 4.14. The van der Waals surface area contributed by atoms with Crippen molar-refractivity contribution in [2.45, 2.75) is 39.7 Å². The van der Waals surface area contributed by atoms with Crippen LogP contribution in [0.5, 0.6) is 0 Å². The van der Waals surface area contributed by atoms with Crippen molar-refractivity contribution in [2.75, 3.05) is 11.4 Å². The third-order valence-corrected chi connectivity index (χ3v) is 2.94. The van der Waals surface area contributed by atoms with Crippen molar-refractivity contribution in [3.63, 3.8) is 0 Å². The zero-order valence-corrected chi connectivity index (χ0v) is 11.6. The van der Waals surface area contributed by atoms with Crippen LogP contribution in [0.3, 0.4) is 0 Å². The van der Waals surface area contributed by atoms with Crippen molar-refractivity contribution < 1.29 is 9.90 Å². The predicted molar refractivity (Wildman–Crippen MR) is 73.0 cm³/mol. The minimum Gasteiger partial charge on any atom is -0.481 e. The molecular weight excluding hydrogens is 242 g/mol. The monoisotopic (exact) mass is 261 g/mol. The number of hydrogen-bond acceptors (Lipinski definition) is 4. The van der Waals surface area contributed by atoms with E-state index in [-0.39, 0.29) is 12.5 Å². The zero-order valence-electron chi connectivity index (χ0n) is 11.6. The number of aryl methyl sites for hydroxylation is 1. The molecule has 0 aromatic carbocycles. The molecule has 0 amide bonds. The Labute approximate surface area is 113 Å². The smallest absolute Gasteiger partial charge is 0.303 e. The Bertz CT molecular complexity index is 492. The van der Waals surface area contributed by atoms with Crippen LogP contribution in [0.25, 0.3) is 0 Å². The highest BCUT2D eigenvalue weighted by molar-refractivity contribution is 5.66. The lowest BCUT2D eigenvalue weighted by atomic mass is 10.1. The minimum absolute atomic E-state index is 0.122. The lowest BCUT2D eigenvalue weighted by Crippen LogP contribution is -2.33. The van der Waals surface area contributed by atoms with E-state index in [0.717, 1.165) is 5.56 Å². The van der Waals surface area contributed by atoms with Crippen molar-refractivity contribution >= 4 is 11.8 Å². The van der Waals surface area contributed by atoms with Crippen LogP contribution in [-0.4, -0.2) is 28.6 Å². The van der Waals surface area contributed by atoms with Crippen molar-refractivity contribution in [2.24, 2.45) is 0 Å². The van der Waals surface area contributed by atoms with Gasteiger partial charge in [-0.15, -0.1) is 0 Å². The first-order chi connectivity index (χ1) is 8.97. The van der Waals surface area contributed by atoms with Gasteiger partial charge < -0.3 is 10.0 Å². The summed E-state index contributed by atoms with van der Waals surface area (Å²) in [6.45, 7) is 6.46. The van der Waals surface area contributed by atoms with E-state index in [4.69, 9.17) is 5.11 Å². The van der Waals surface area contributed by atoms with E-state index < -0.39 is 5.97 Å². The van der Waals surface area contributed by atoms with E-state index in [1.165, 1.54) is 0 Å². The van der Waals surface area contributed by atoms with Crippen LogP contribution in [0.4, 0.5) is 5.82 Å². The van der Waals surface area contributed by atoms with Crippen LogP contribution in [0.2, 0.25) is 0 Å². The van der Waals surface area contributed by atoms with Crippen molar-refractivity contribution in [1.82, 2.24) is 4.98 Å². The second kappa shape index (κ2) is 6.74. The van der Waals surface area contributed by atoms with Crippen molar-refractivity contribution in [3.8, 4) is 6.07 Å². The minimum atomic E-state index is -0.804. The van der Waals surface area contributed by atoms with Crippen LogP contribution in [0.15, 0.2) is 12.3 Å². The molecule has 0 saturated heterocycles. The molecule has 5 heteroatoms. The summed E-state index contributed by atoms with van der Waals surface area (Å²) in [5.74, 6) is -0.163. The SMILES string of the molecule is Cc1ccnc(N(CCCC(=O)O)C(C)C)c1C#N. The van der Waals surface area contributed by atoms with Gasteiger partial charge in [-0.25, -0.2) is 4.98 Å². The molecule has 0 aliphatic rings. The molecule has 5 nitrogen and oxygen atoms in total. The average molecular weight is 261 g/mol. The number of rotatable bonds is 6. The van der Waals surface area contributed by atoms with Crippen molar-refractivity contribution in [3.05, 3.63) is 23.4 Å². The van der Waals surface area contributed by atoms with Gasteiger partial charge in [0.25, 0.3) is 0 Å². The number of anilines is 1. The molecule has 0 aliphatic heterocycles. The Kier molecular flexibility index (Phi) is 5.31. The molecule has 0 spiro atoms. The van der Waals surface area contributed by atoms with Gasteiger partial charge in [-0.1, -0.05) is 0 Å². The van der Waals surface area contributed by atoms with Gasteiger partial charge in [0.15, 0.2) is 0 Å². The molecule has 1 heterocycles. The van der Waals surface area contributed by atoms with Gasteiger partial charge in [0, 0.05) is 25.2 Å². The molecule has 0 aliphatic carbocycles. The van der Waals surface area contributed by atoms with Crippen molar-refractivity contribution in [1.29, 1.82) is 5.26 Å². The fourth-order valence-corrected chi connectivity index (χ4v) is 1.91. The Morgan fingerprint density at radius 2 is 2.26 bits per heavy atom. The Balaban J connectivity index is 2.97. The van der Waals surface area contributed by atoms with E-state index in [1.807, 2.05) is 25.7 Å².